The van der Waals surface area contributed by atoms with Crippen LogP contribution in [0.4, 0.5) is 0 Å². The van der Waals surface area contributed by atoms with E-state index in [0.29, 0.717) is 5.92 Å². The molecule has 1 heterocycles. The Kier molecular flexibility index (Phi) is 7.17. The van der Waals surface area contributed by atoms with Crippen molar-refractivity contribution in [1.29, 1.82) is 0 Å². The Hall–Kier alpha value is -0.790. The number of hydrogen-bond acceptors (Lipinski definition) is 2. The van der Waals surface area contributed by atoms with Crippen LogP contribution in [-0.2, 0) is 13.6 Å². The zero-order valence-electron chi connectivity index (χ0n) is 16.3. The Morgan fingerprint density at radius 3 is 2.40 bits per heavy atom. The Bertz CT molecular complexity index is 575. The van der Waals surface area contributed by atoms with Crippen molar-refractivity contribution in [3.8, 4) is 0 Å². The third-order valence-electron chi connectivity index (χ3n) is 5.42. The summed E-state index contributed by atoms with van der Waals surface area (Å²) < 4.78 is 1.92. The van der Waals surface area contributed by atoms with Crippen molar-refractivity contribution in [2.75, 3.05) is 20.6 Å². The second-order valence-corrected chi connectivity index (χ2v) is 7.99. The Labute approximate surface area is 169 Å². The van der Waals surface area contributed by atoms with E-state index in [1.807, 2.05) is 18.8 Å². The molecule has 3 rings (SSSR count). The molecule has 2 aliphatic rings. The van der Waals surface area contributed by atoms with Crippen molar-refractivity contribution in [3.63, 3.8) is 0 Å². The second-order valence-electron chi connectivity index (χ2n) is 7.99. The van der Waals surface area contributed by atoms with Crippen molar-refractivity contribution < 1.29 is 0 Å². The first kappa shape index (κ1) is 20.5. The highest BCUT2D eigenvalue weighted by molar-refractivity contribution is 14.0. The molecular formula is C19H34IN5. The van der Waals surface area contributed by atoms with Gasteiger partial charge < -0.3 is 10.2 Å². The number of aryl methyl sites for hydroxylation is 1. The number of guanidine groups is 1. The minimum Gasteiger partial charge on any atom is -0.356 e. The quantitative estimate of drug-likeness (QED) is 0.385. The molecule has 25 heavy (non-hydrogen) atoms. The lowest BCUT2D eigenvalue weighted by Crippen LogP contribution is -2.41. The first-order chi connectivity index (χ1) is 11.5. The highest BCUT2D eigenvalue weighted by Gasteiger charge is 2.41. The lowest BCUT2D eigenvalue weighted by atomic mass is 9.98. The molecule has 1 aromatic rings. The van der Waals surface area contributed by atoms with E-state index in [0.717, 1.165) is 36.8 Å². The van der Waals surface area contributed by atoms with E-state index in [4.69, 9.17) is 0 Å². The molecule has 6 heteroatoms. The molecule has 2 saturated carbocycles. The van der Waals surface area contributed by atoms with Gasteiger partial charge in [-0.15, -0.1) is 24.0 Å². The zero-order valence-corrected chi connectivity index (χ0v) is 18.7. The van der Waals surface area contributed by atoms with Crippen molar-refractivity contribution in [3.05, 3.63) is 17.5 Å². The van der Waals surface area contributed by atoms with Crippen LogP contribution in [0, 0.1) is 17.8 Å². The van der Waals surface area contributed by atoms with Gasteiger partial charge in [0.1, 0.15) is 0 Å². The van der Waals surface area contributed by atoms with Gasteiger partial charge in [-0.25, -0.2) is 0 Å². The van der Waals surface area contributed by atoms with Crippen LogP contribution in [0.3, 0.4) is 0 Å². The van der Waals surface area contributed by atoms with E-state index in [2.05, 4.69) is 47.4 Å². The van der Waals surface area contributed by atoms with Gasteiger partial charge in [-0.3, -0.25) is 9.67 Å². The van der Waals surface area contributed by atoms with Crippen molar-refractivity contribution in [2.45, 2.75) is 52.0 Å². The van der Waals surface area contributed by atoms with Gasteiger partial charge in [0.05, 0.1) is 5.69 Å². The van der Waals surface area contributed by atoms with Crippen LogP contribution >= 0.6 is 24.0 Å². The highest BCUT2D eigenvalue weighted by Crippen LogP contribution is 2.48. The van der Waals surface area contributed by atoms with Gasteiger partial charge in [0.2, 0.25) is 0 Å². The molecule has 5 nitrogen and oxygen atoms in total. The van der Waals surface area contributed by atoms with Crippen LogP contribution in [0.5, 0.6) is 0 Å². The molecule has 1 aromatic heterocycles. The average Bonchev–Trinajstić information content (AvgIpc) is 3.43. The number of rotatable bonds is 7. The third kappa shape index (κ3) is 5.34. The summed E-state index contributed by atoms with van der Waals surface area (Å²) in [6, 6.07) is 0. The summed E-state index contributed by atoms with van der Waals surface area (Å²) >= 11 is 0. The van der Waals surface area contributed by atoms with E-state index in [-0.39, 0.29) is 24.0 Å². The standard InChI is InChI=1S/C19H33N5.HI/c1-13(2)18-16(12-24(5)22-18)11-23(4)19(20-3)21-10-17(14-6-7-14)15-8-9-15;/h12-15,17H,6-11H2,1-5H3,(H,20,21);1H. The molecule has 0 unspecified atom stereocenters. The van der Waals surface area contributed by atoms with Gasteiger partial charge >= 0.3 is 0 Å². The Morgan fingerprint density at radius 2 is 1.92 bits per heavy atom. The first-order valence-electron chi connectivity index (χ1n) is 9.43. The molecule has 2 aliphatic carbocycles. The summed E-state index contributed by atoms with van der Waals surface area (Å²) in [5.41, 5.74) is 2.48. The molecule has 0 atom stereocenters. The van der Waals surface area contributed by atoms with Crippen LogP contribution in [0.1, 0.15) is 56.7 Å². The van der Waals surface area contributed by atoms with E-state index in [1.54, 1.807) is 0 Å². The Balaban J connectivity index is 0.00000225. The van der Waals surface area contributed by atoms with Crippen LogP contribution in [0.15, 0.2) is 11.2 Å². The molecule has 0 saturated heterocycles. The molecule has 0 aromatic carbocycles. The summed E-state index contributed by atoms with van der Waals surface area (Å²) in [7, 11) is 6.00. The van der Waals surface area contributed by atoms with Crippen molar-refractivity contribution in [2.24, 2.45) is 29.8 Å². The Morgan fingerprint density at radius 1 is 1.32 bits per heavy atom. The molecule has 0 spiro atoms. The molecule has 142 valence electrons. The second kappa shape index (κ2) is 8.73. The SMILES string of the molecule is CN=C(NCC(C1CC1)C1CC1)N(C)Cc1cn(C)nc1C(C)C.I. The fourth-order valence-electron chi connectivity index (χ4n) is 3.85. The smallest absolute Gasteiger partial charge is 0.193 e. The van der Waals surface area contributed by atoms with Crippen LogP contribution in [-0.4, -0.2) is 41.3 Å². The van der Waals surface area contributed by atoms with Crippen LogP contribution < -0.4 is 5.32 Å². The maximum absolute atomic E-state index is 4.62. The van der Waals surface area contributed by atoms with Gasteiger partial charge in [-0.05, 0) is 49.4 Å². The normalized spacial score (nSPS) is 17.8. The summed E-state index contributed by atoms with van der Waals surface area (Å²) in [5, 5.41) is 8.25. The van der Waals surface area contributed by atoms with Gasteiger partial charge in [-0.1, -0.05) is 13.8 Å². The van der Waals surface area contributed by atoms with E-state index in [1.165, 1.54) is 36.9 Å². The molecule has 0 bridgehead atoms. The van der Waals surface area contributed by atoms with Gasteiger partial charge in [-0.2, -0.15) is 5.10 Å². The molecule has 0 radical (unpaired) electrons. The molecule has 1 N–H and O–H groups in total. The molecule has 0 aliphatic heterocycles. The molecular weight excluding hydrogens is 425 g/mol. The predicted molar refractivity (Wildman–Crippen MR) is 114 cm³/mol. The molecule has 0 amide bonds. The number of aliphatic imine (C=N–C) groups is 1. The van der Waals surface area contributed by atoms with E-state index in [9.17, 15) is 0 Å². The van der Waals surface area contributed by atoms with E-state index < -0.39 is 0 Å². The fraction of sp³-hybridized carbons (Fsp3) is 0.789. The summed E-state index contributed by atoms with van der Waals surface area (Å²) in [6.07, 6.45) is 7.88. The minimum absolute atomic E-state index is 0. The number of aromatic nitrogens is 2. The average molecular weight is 459 g/mol. The van der Waals surface area contributed by atoms with Crippen LogP contribution in [0.25, 0.3) is 0 Å². The van der Waals surface area contributed by atoms with Crippen LogP contribution in [0.2, 0.25) is 0 Å². The van der Waals surface area contributed by atoms with Gasteiger partial charge in [0.25, 0.3) is 0 Å². The predicted octanol–water partition coefficient (Wildman–Crippen LogP) is 3.60. The van der Waals surface area contributed by atoms with Crippen molar-refractivity contribution in [1.82, 2.24) is 20.0 Å². The lowest BCUT2D eigenvalue weighted by molar-refractivity contribution is 0.387. The minimum atomic E-state index is 0. The first-order valence-corrected chi connectivity index (χ1v) is 9.43. The number of halogens is 1. The van der Waals surface area contributed by atoms with Gasteiger partial charge in [0.15, 0.2) is 5.96 Å². The van der Waals surface area contributed by atoms with E-state index >= 15 is 0 Å². The lowest BCUT2D eigenvalue weighted by Gasteiger charge is -2.25. The number of nitrogens with zero attached hydrogens (tertiary/aromatic N) is 4. The fourth-order valence-corrected chi connectivity index (χ4v) is 3.85. The topological polar surface area (TPSA) is 45.5 Å². The van der Waals surface area contributed by atoms with Crippen molar-refractivity contribution >= 4 is 29.9 Å². The summed E-state index contributed by atoms with van der Waals surface area (Å²) in [5.74, 6) is 4.25. The number of nitrogens with one attached hydrogen (secondary N) is 1. The maximum Gasteiger partial charge on any atom is 0.193 e. The van der Waals surface area contributed by atoms with Gasteiger partial charge in [0, 0.05) is 46.0 Å². The summed E-state index contributed by atoms with van der Waals surface area (Å²) in [6.45, 7) is 6.33. The zero-order chi connectivity index (χ0) is 17.3. The largest absolute Gasteiger partial charge is 0.356 e. The number of hydrogen-bond donors (Lipinski definition) is 1. The maximum atomic E-state index is 4.62. The molecule has 2 fully saturated rings. The monoisotopic (exact) mass is 459 g/mol. The highest BCUT2D eigenvalue weighted by atomic mass is 127. The summed E-state index contributed by atoms with van der Waals surface area (Å²) in [4.78, 5) is 6.72. The third-order valence-corrected chi connectivity index (χ3v) is 5.42.